The molecular weight excluding hydrogens is 380 g/mol. The number of carbonyl (C=O) groups is 1. The zero-order chi connectivity index (χ0) is 18.8. The molecule has 1 fully saturated rings. The quantitative estimate of drug-likeness (QED) is 0.695. The Kier molecular flexibility index (Phi) is 5.69. The number of nitrogens with zero attached hydrogens (tertiary/aromatic N) is 2. The smallest absolute Gasteiger partial charge is 0.308 e. The lowest BCUT2D eigenvalue weighted by Gasteiger charge is -2.35. The summed E-state index contributed by atoms with van der Waals surface area (Å²) in [5.74, 6) is 1.40. The summed E-state index contributed by atoms with van der Waals surface area (Å²) in [4.78, 5) is 27.0. The van der Waals surface area contributed by atoms with Crippen LogP contribution in [0.2, 0.25) is 5.02 Å². The van der Waals surface area contributed by atoms with Gasteiger partial charge >= 0.3 is 4.87 Å². The first-order chi connectivity index (χ1) is 13.1. The number of thiazole rings is 1. The van der Waals surface area contributed by atoms with Gasteiger partial charge in [-0.2, -0.15) is 0 Å². The van der Waals surface area contributed by atoms with Crippen molar-refractivity contribution in [2.24, 2.45) is 11.8 Å². The summed E-state index contributed by atoms with van der Waals surface area (Å²) in [5.41, 5.74) is 0.754. The van der Waals surface area contributed by atoms with Gasteiger partial charge in [-0.25, -0.2) is 0 Å². The molecule has 0 saturated carbocycles. The summed E-state index contributed by atoms with van der Waals surface area (Å²) in [6.07, 6.45) is 12.0. The van der Waals surface area contributed by atoms with Crippen LogP contribution in [-0.2, 0) is 11.3 Å². The summed E-state index contributed by atoms with van der Waals surface area (Å²) in [7, 11) is 0. The molecule has 27 heavy (non-hydrogen) atoms. The minimum Gasteiger partial charge on any atom is -0.341 e. The summed E-state index contributed by atoms with van der Waals surface area (Å²) in [6.45, 7) is 1.70. The minimum atomic E-state index is -0.0981. The Morgan fingerprint density at radius 3 is 2.81 bits per heavy atom. The Labute approximate surface area is 168 Å². The van der Waals surface area contributed by atoms with Crippen molar-refractivity contribution in [2.75, 3.05) is 13.1 Å². The van der Waals surface area contributed by atoms with Crippen LogP contribution in [0.25, 0.3) is 10.2 Å². The van der Waals surface area contributed by atoms with E-state index in [9.17, 15) is 9.59 Å². The van der Waals surface area contributed by atoms with Crippen LogP contribution in [0.5, 0.6) is 0 Å². The number of rotatable bonds is 3. The van der Waals surface area contributed by atoms with Crippen LogP contribution >= 0.6 is 22.9 Å². The average molecular weight is 405 g/mol. The van der Waals surface area contributed by atoms with Gasteiger partial charge in [0.25, 0.3) is 0 Å². The largest absolute Gasteiger partial charge is 0.341 e. The monoisotopic (exact) mass is 404 g/mol. The van der Waals surface area contributed by atoms with Gasteiger partial charge in [0.05, 0.1) is 10.2 Å². The molecule has 1 aromatic heterocycles. The van der Waals surface area contributed by atoms with Crippen molar-refractivity contribution in [1.29, 1.82) is 0 Å². The highest BCUT2D eigenvalue weighted by Gasteiger charge is 2.28. The van der Waals surface area contributed by atoms with Gasteiger partial charge in [0, 0.05) is 18.1 Å². The molecule has 0 radical (unpaired) electrons. The van der Waals surface area contributed by atoms with E-state index in [2.05, 4.69) is 12.2 Å². The van der Waals surface area contributed by atoms with Crippen LogP contribution in [0.3, 0.4) is 0 Å². The maximum Gasteiger partial charge on any atom is 0.308 e. The van der Waals surface area contributed by atoms with E-state index in [1.807, 2.05) is 11.0 Å². The number of carbonyl (C=O) groups excluding carboxylic acids is 1. The SMILES string of the molecule is O=C(Cn1c(=O)sc2ccc(Cl)cc21)N1CCC(C2C=CCCCC2)CC1. The van der Waals surface area contributed by atoms with E-state index in [0.717, 1.165) is 36.1 Å². The predicted molar refractivity (Wildman–Crippen MR) is 111 cm³/mol. The molecule has 0 N–H and O–H groups in total. The molecule has 1 unspecified atom stereocenters. The normalized spacial score (nSPS) is 21.5. The van der Waals surface area contributed by atoms with Crippen molar-refractivity contribution in [1.82, 2.24) is 9.47 Å². The zero-order valence-electron chi connectivity index (χ0n) is 15.4. The molecule has 1 aromatic carbocycles. The molecule has 1 atom stereocenters. The molecule has 1 amide bonds. The van der Waals surface area contributed by atoms with Gasteiger partial charge in [0.2, 0.25) is 5.91 Å². The highest BCUT2D eigenvalue weighted by atomic mass is 35.5. The first kappa shape index (κ1) is 18.8. The van der Waals surface area contributed by atoms with Crippen molar-refractivity contribution in [3.05, 3.63) is 45.0 Å². The standard InChI is InChI=1S/C21H25ClN2O2S/c22-17-7-8-19-18(13-17)24(21(26)27-19)14-20(25)23-11-9-16(10-12-23)15-5-3-1-2-4-6-15/h3,5,7-8,13,15-16H,1-2,4,6,9-12,14H2. The number of benzene rings is 1. The second-order valence-electron chi connectivity index (χ2n) is 7.66. The van der Waals surface area contributed by atoms with Gasteiger partial charge in [-0.3, -0.25) is 14.2 Å². The molecule has 1 aliphatic heterocycles. The Morgan fingerprint density at radius 2 is 2.00 bits per heavy atom. The fourth-order valence-corrected chi connectivity index (χ4v) is 5.44. The van der Waals surface area contributed by atoms with E-state index in [4.69, 9.17) is 11.6 Å². The first-order valence-electron chi connectivity index (χ1n) is 9.85. The highest BCUT2D eigenvalue weighted by Crippen LogP contribution is 2.32. The maximum atomic E-state index is 12.8. The molecule has 0 spiro atoms. The van der Waals surface area contributed by atoms with Crippen LogP contribution in [0.15, 0.2) is 35.1 Å². The lowest BCUT2D eigenvalue weighted by atomic mass is 9.82. The van der Waals surface area contributed by atoms with E-state index < -0.39 is 0 Å². The van der Waals surface area contributed by atoms with Gasteiger partial charge in [-0.05, 0) is 62.1 Å². The summed E-state index contributed by atoms with van der Waals surface area (Å²) >= 11 is 7.24. The van der Waals surface area contributed by atoms with E-state index in [-0.39, 0.29) is 17.3 Å². The zero-order valence-corrected chi connectivity index (χ0v) is 17.0. The van der Waals surface area contributed by atoms with Gasteiger partial charge in [-0.15, -0.1) is 0 Å². The molecule has 2 aromatic rings. The molecule has 2 heterocycles. The molecule has 0 bridgehead atoms. The molecule has 144 valence electrons. The molecule has 1 saturated heterocycles. The Balaban J connectivity index is 1.41. The Hall–Kier alpha value is -1.59. The minimum absolute atomic E-state index is 0.0339. The average Bonchev–Trinajstić information content (AvgIpc) is 2.86. The van der Waals surface area contributed by atoms with E-state index in [1.54, 1.807) is 16.7 Å². The summed E-state index contributed by atoms with van der Waals surface area (Å²) in [6, 6.07) is 5.39. The maximum absolute atomic E-state index is 12.8. The van der Waals surface area contributed by atoms with Crippen molar-refractivity contribution in [3.63, 3.8) is 0 Å². The second kappa shape index (κ2) is 8.19. The summed E-state index contributed by atoms with van der Waals surface area (Å²) < 4.78 is 2.44. The van der Waals surface area contributed by atoms with Crippen LogP contribution in [-0.4, -0.2) is 28.5 Å². The van der Waals surface area contributed by atoms with Crippen LogP contribution in [0, 0.1) is 11.8 Å². The molecule has 1 aliphatic carbocycles. The lowest BCUT2D eigenvalue weighted by Crippen LogP contribution is -2.42. The number of allylic oxidation sites excluding steroid dienone is 2. The summed E-state index contributed by atoms with van der Waals surface area (Å²) in [5, 5.41) is 0.582. The van der Waals surface area contributed by atoms with Gasteiger partial charge in [-0.1, -0.05) is 41.5 Å². The Morgan fingerprint density at radius 1 is 1.19 bits per heavy atom. The molecule has 4 nitrogen and oxygen atoms in total. The topological polar surface area (TPSA) is 42.3 Å². The van der Waals surface area contributed by atoms with E-state index >= 15 is 0 Å². The van der Waals surface area contributed by atoms with Crippen molar-refractivity contribution in [2.45, 2.75) is 45.1 Å². The third kappa shape index (κ3) is 4.14. The molecule has 2 aliphatic rings. The predicted octanol–water partition coefficient (Wildman–Crippen LogP) is 4.70. The van der Waals surface area contributed by atoms with E-state index in [1.165, 1.54) is 37.0 Å². The Bertz CT molecular complexity index is 909. The van der Waals surface area contributed by atoms with Crippen LogP contribution < -0.4 is 4.87 Å². The van der Waals surface area contributed by atoms with Gasteiger partial charge < -0.3 is 4.90 Å². The number of aromatic nitrogens is 1. The third-order valence-corrected chi connectivity index (χ3v) is 7.16. The van der Waals surface area contributed by atoms with Gasteiger partial charge in [0.15, 0.2) is 0 Å². The fraction of sp³-hybridized carbons (Fsp3) is 0.524. The molecule has 4 rings (SSSR count). The van der Waals surface area contributed by atoms with Crippen LogP contribution in [0.1, 0.15) is 38.5 Å². The van der Waals surface area contributed by atoms with Crippen molar-refractivity contribution < 1.29 is 4.79 Å². The number of amides is 1. The van der Waals surface area contributed by atoms with E-state index in [0.29, 0.717) is 16.9 Å². The van der Waals surface area contributed by atoms with Crippen molar-refractivity contribution >= 4 is 39.1 Å². The fourth-order valence-electron chi connectivity index (χ4n) is 4.40. The lowest BCUT2D eigenvalue weighted by molar-refractivity contribution is -0.133. The van der Waals surface area contributed by atoms with Crippen molar-refractivity contribution in [3.8, 4) is 0 Å². The number of likely N-dealkylation sites (tertiary alicyclic amines) is 1. The molecule has 6 heteroatoms. The molecular formula is C21H25ClN2O2S. The number of piperidine rings is 1. The number of hydrogen-bond donors (Lipinski definition) is 0. The van der Waals surface area contributed by atoms with Gasteiger partial charge in [0.1, 0.15) is 6.54 Å². The first-order valence-corrected chi connectivity index (χ1v) is 11.0. The number of halogens is 1. The third-order valence-electron chi connectivity index (χ3n) is 5.96. The number of hydrogen-bond acceptors (Lipinski definition) is 3. The second-order valence-corrected chi connectivity index (χ2v) is 9.09. The van der Waals surface area contributed by atoms with Crippen LogP contribution in [0.4, 0.5) is 0 Å². The highest BCUT2D eigenvalue weighted by molar-refractivity contribution is 7.16. The number of fused-ring (bicyclic) bond motifs is 1.